The van der Waals surface area contributed by atoms with Gasteiger partial charge in [0.2, 0.25) is 5.91 Å². The van der Waals surface area contributed by atoms with Gasteiger partial charge in [-0.15, -0.1) is 0 Å². The molecule has 3 aliphatic rings. The number of imide groups is 1. The van der Waals surface area contributed by atoms with Gasteiger partial charge in [0.25, 0.3) is 11.8 Å². The average Bonchev–Trinajstić information content (AvgIpc) is 3.24. The molecule has 0 spiro atoms. The zero-order valence-electron chi connectivity index (χ0n) is 12.6. The number of amides is 3. The second-order valence-corrected chi connectivity index (χ2v) is 6.53. The molecule has 4 rings (SSSR count). The number of hydrazine groups is 1. The lowest BCUT2D eigenvalue weighted by Gasteiger charge is -2.17. The molecule has 1 aliphatic heterocycles. The summed E-state index contributed by atoms with van der Waals surface area (Å²) in [6.07, 6.45) is 5.81. The molecule has 23 heavy (non-hydrogen) atoms. The molecule has 1 N–H and O–H groups in total. The van der Waals surface area contributed by atoms with Gasteiger partial charge in [-0.05, 0) is 30.2 Å². The Morgan fingerprint density at radius 2 is 1.65 bits per heavy atom. The van der Waals surface area contributed by atoms with Gasteiger partial charge in [-0.1, -0.05) is 42.5 Å². The van der Waals surface area contributed by atoms with Crippen LogP contribution in [-0.4, -0.2) is 22.7 Å². The summed E-state index contributed by atoms with van der Waals surface area (Å²) in [5, 5.41) is 0.967. The first-order valence-corrected chi connectivity index (χ1v) is 8.04. The van der Waals surface area contributed by atoms with Gasteiger partial charge in [-0.2, -0.15) is 5.01 Å². The Morgan fingerprint density at radius 1 is 1.04 bits per heavy atom. The lowest BCUT2D eigenvalue weighted by atomic mass is 9.85. The smallest absolute Gasteiger partial charge is 0.252 e. The number of benzene rings is 1. The molecule has 0 radical (unpaired) electrons. The molecule has 1 aromatic rings. The van der Waals surface area contributed by atoms with E-state index < -0.39 is 0 Å². The van der Waals surface area contributed by atoms with Gasteiger partial charge in [0.05, 0.1) is 11.8 Å². The molecule has 3 amide bonds. The highest BCUT2D eigenvalue weighted by atomic mass is 16.2. The second kappa shape index (κ2) is 5.33. The first-order chi connectivity index (χ1) is 11.1. The van der Waals surface area contributed by atoms with E-state index in [-0.39, 0.29) is 47.8 Å². The summed E-state index contributed by atoms with van der Waals surface area (Å²) in [4.78, 5) is 37.0. The number of rotatable bonds is 4. The predicted octanol–water partition coefficient (Wildman–Crippen LogP) is 1.46. The van der Waals surface area contributed by atoms with Crippen LogP contribution in [0.3, 0.4) is 0 Å². The minimum Gasteiger partial charge on any atom is -0.273 e. The summed E-state index contributed by atoms with van der Waals surface area (Å²) in [7, 11) is 0. The topological polar surface area (TPSA) is 66.5 Å². The fourth-order valence-electron chi connectivity index (χ4n) is 4.10. The molecule has 0 unspecified atom stereocenters. The molecule has 1 saturated heterocycles. The monoisotopic (exact) mass is 310 g/mol. The molecule has 5 nitrogen and oxygen atoms in total. The van der Waals surface area contributed by atoms with Crippen LogP contribution in [0.25, 0.3) is 0 Å². The van der Waals surface area contributed by atoms with Crippen molar-refractivity contribution >= 4 is 17.7 Å². The number of carbonyl (C=O) groups is 3. The zero-order chi connectivity index (χ0) is 16.0. The Hall–Kier alpha value is -2.43. The van der Waals surface area contributed by atoms with Crippen molar-refractivity contribution in [1.82, 2.24) is 10.4 Å². The standard InChI is InChI=1S/C18H18N2O3/c21-14(9-6-11-4-2-1-3-5-11)19-20-17(22)15-12-7-8-13(10-12)16(15)18(20)23/h1-5,7-8,12-13,15-16H,6,9-10H2,(H,19,21)/t12-,13-,15+,16+/m0/s1. The number of nitrogens with zero attached hydrogens (tertiary/aromatic N) is 1. The normalized spacial score (nSPS) is 30.9. The average molecular weight is 310 g/mol. The third kappa shape index (κ3) is 2.27. The fourth-order valence-corrected chi connectivity index (χ4v) is 4.10. The van der Waals surface area contributed by atoms with Crippen molar-refractivity contribution in [3.05, 3.63) is 48.0 Å². The van der Waals surface area contributed by atoms with Gasteiger partial charge >= 0.3 is 0 Å². The summed E-state index contributed by atoms with van der Waals surface area (Å²) in [5.41, 5.74) is 3.57. The number of hydrogen-bond donors (Lipinski definition) is 1. The third-order valence-electron chi connectivity index (χ3n) is 5.19. The van der Waals surface area contributed by atoms with E-state index in [1.807, 2.05) is 42.5 Å². The molecule has 2 bridgehead atoms. The van der Waals surface area contributed by atoms with Crippen LogP contribution in [0, 0.1) is 23.7 Å². The highest BCUT2D eigenvalue weighted by Gasteiger charge is 2.59. The minimum atomic E-state index is -0.296. The second-order valence-electron chi connectivity index (χ2n) is 6.53. The van der Waals surface area contributed by atoms with Gasteiger partial charge in [0.15, 0.2) is 0 Å². The van der Waals surface area contributed by atoms with Crippen LogP contribution >= 0.6 is 0 Å². The summed E-state index contributed by atoms with van der Waals surface area (Å²) in [6, 6.07) is 9.67. The number of hydrogen-bond acceptors (Lipinski definition) is 3. The van der Waals surface area contributed by atoms with Gasteiger partial charge in [-0.25, -0.2) is 0 Å². The molecule has 2 aliphatic carbocycles. The Morgan fingerprint density at radius 3 is 2.26 bits per heavy atom. The van der Waals surface area contributed by atoms with E-state index in [9.17, 15) is 14.4 Å². The summed E-state index contributed by atoms with van der Waals surface area (Å²) in [6.45, 7) is 0. The van der Waals surface area contributed by atoms with Crippen molar-refractivity contribution in [1.29, 1.82) is 0 Å². The number of fused-ring (bicyclic) bond motifs is 5. The van der Waals surface area contributed by atoms with Crippen molar-refractivity contribution in [2.45, 2.75) is 19.3 Å². The minimum absolute atomic E-state index is 0.160. The summed E-state index contributed by atoms with van der Waals surface area (Å²) in [5.74, 6) is -1.01. The fraction of sp³-hybridized carbons (Fsp3) is 0.389. The van der Waals surface area contributed by atoms with E-state index in [1.54, 1.807) is 0 Å². The van der Waals surface area contributed by atoms with Gasteiger partial charge in [-0.3, -0.25) is 19.8 Å². The van der Waals surface area contributed by atoms with E-state index >= 15 is 0 Å². The van der Waals surface area contributed by atoms with E-state index in [1.165, 1.54) is 0 Å². The van der Waals surface area contributed by atoms with Crippen LogP contribution in [0.2, 0.25) is 0 Å². The lowest BCUT2D eigenvalue weighted by Crippen LogP contribution is -2.47. The van der Waals surface area contributed by atoms with Crippen LogP contribution in [0.4, 0.5) is 0 Å². The molecular formula is C18H18N2O3. The Kier molecular flexibility index (Phi) is 3.29. The molecular weight excluding hydrogens is 292 g/mol. The highest BCUT2D eigenvalue weighted by Crippen LogP contribution is 2.52. The van der Waals surface area contributed by atoms with Gasteiger partial charge < -0.3 is 0 Å². The van der Waals surface area contributed by atoms with E-state index in [0.717, 1.165) is 17.0 Å². The van der Waals surface area contributed by atoms with Crippen LogP contribution in [-0.2, 0) is 20.8 Å². The summed E-state index contributed by atoms with van der Waals surface area (Å²) < 4.78 is 0. The molecule has 1 aromatic carbocycles. The predicted molar refractivity (Wildman–Crippen MR) is 82.5 cm³/mol. The van der Waals surface area contributed by atoms with E-state index in [0.29, 0.717) is 6.42 Å². The molecule has 5 heteroatoms. The van der Waals surface area contributed by atoms with Crippen molar-refractivity contribution in [3.63, 3.8) is 0 Å². The number of nitrogens with one attached hydrogen (secondary N) is 1. The van der Waals surface area contributed by atoms with Crippen LogP contribution in [0.15, 0.2) is 42.5 Å². The van der Waals surface area contributed by atoms with Crippen molar-refractivity contribution in [2.75, 3.05) is 0 Å². The van der Waals surface area contributed by atoms with Crippen molar-refractivity contribution in [3.8, 4) is 0 Å². The summed E-state index contributed by atoms with van der Waals surface area (Å²) >= 11 is 0. The van der Waals surface area contributed by atoms with Gasteiger partial charge in [0.1, 0.15) is 0 Å². The number of allylic oxidation sites excluding steroid dienone is 2. The van der Waals surface area contributed by atoms with Crippen LogP contribution in [0.1, 0.15) is 18.4 Å². The molecule has 1 heterocycles. The Balaban J connectivity index is 1.39. The van der Waals surface area contributed by atoms with E-state index in [4.69, 9.17) is 0 Å². The molecule has 0 aromatic heterocycles. The molecule has 118 valence electrons. The Labute approximate surface area is 134 Å². The number of carbonyl (C=O) groups excluding carboxylic acids is 3. The van der Waals surface area contributed by atoms with Gasteiger partial charge in [0, 0.05) is 6.42 Å². The molecule has 2 fully saturated rings. The molecule has 1 saturated carbocycles. The maximum absolute atomic E-state index is 12.5. The third-order valence-corrected chi connectivity index (χ3v) is 5.19. The van der Waals surface area contributed by atoms with E-state index in [2.05, 4.69) is 5.43 Å². The maximum Gasteiger partial charge on any atom is 0.252 e. The van der Waals surface area contributed by atoms with Crippen molar-refractivity contribution in [2.24, 2.45) is 23.7 Å². The first-order valence-electron chi connectivity index (χ1n) is 8.04. The maximum atomic E-state index is 12.5. The SMILES string of the molecule is O=C(CCc1ccccc1)NN1C(=O)[C@H]2[C@H](C1=O)[C@H]1C=C[C@H]2C1. The van der Waals surface area contributed by atoms with Crippen molar-refractivity contribution < 1.29 is 14.4 Å². The highest BCUT2D eigenvalue weighted by molar-refractivity contribution is 6.07. The quantitative estimate of drug-likeness (QED) is 0.676. The lowest BCUT2D eigenvalue weighted by molar-refractivity contribution is -0.149. The number of aryl methyl sites for hydroxylation is 1. The first kappa shape index (κ1) is 14.2. The zero-order valence-corrected chi connectivity index (χ0v) is 12.6. The molecule has 4 atom stereocenters. The van der Waals surface area contributed by atoms with Crippen LogP contribution < -0.4 is 5.43 Å². The Bertz CT molecular complexity index is 667. The largest absolute Gasteiger partial charge is 0.273 e. The van der Waals surface area contributed by atoms with Crippen LogP contribution in [0.5, 0.6) is 0 Å².